The molecule has 1 saturated heterocycles. The average molecular weight is 275 g/mol. The summed E-state index contributed by atoms with van der Waals surface area (Å²) in [4.78, 5) is 14.0. The molecule has 20 heavy (non-hydrogen) atoms. The Morgan fingerprint density at radius 1 is 1.45 bits per heavy atom. The van der Waals surface area contributed by atoms with Crippen LogP contribution in [-0.2, 0) is 11.3 Å². The van der Waals surface area contributed by atoms with Crippen LogP contribution in [0.1, 0.15) is 32.3 Å². The molecule has 1 aliphatic heterocycles. The lowest BCUT2D eigenvalue weighted by molar-refractivity contribution is -0.117. The summed E-state index contributed by atoms with van der Waals surface area (Å²) in [7, 11) is 0. The van der Waals surface area contributed by atoms with E-state index in [0.29, 0.717) is 0 Å². The van der Waals surface area contributed by atoms with Crippen LogP contribution in [0, 0.1) is 5.92 Å². The molecular formula is C16H25N3O. The fraction of sp³-hybridized carbons (Fsp3) is 0.562. The maximum absolute atomic E-state index is 11.5. The molecule has 4 nitrogen and oxygen atoms in total. The topological polar surface area (TPSA) is 58.4 Å². The smallest absolute Gasteiger partial charge is 0.240 e. The standard InChI is InChI=1S/C16H25N3O/c1-12-4-3-9-19(10-12)11-14-5-7-15(8-6-14)18-16(20)13(2)17/h5-8,12-13H,3-4,9-11,17H2,1-2H3,(H,18,20)/t12?,13-/m1/s1. The molecule has 0 saturated carbocycles. The number of likely N-dealkylation sites (tertiary alicyclic amines) is 1. The number of rotatable bonds is 4. The van der Waals surface area contributed by atoms with Gasteiger partial charge in [-0.15, -0.1) is 0 Å². The van der Waals surface area contributed by atoms with Crippen molar-refractivity contribution < 1.29 is 4.79 Å². The fourth-order valence-electron chi connectivity index (χ4n) is 2.64. The highest BCUT2D eigenvalue weighted by molar-refractivity contribution is 5.94. The van der Waals surface area contributed by atoms with Crippen molar-refractivity contribution in [1.29, 1.82) is 0 Å². The molecular weight excluding hydrogens is 250 g/mol. The maximum atomic E-state index is 11.5. The van der Waals surface area contributed by atoms with Crippen LogP contribution in [-0.4, -0.2) is 29.9 Å². The first-order valence-corrected chi connectivity index (χ1v) is 7.42. The van der Waals surface area contributed by atoms with Crippen LogP contribution < -0.4 is 11.1 Å². The molecule has 0 spiro atoms. The quantitative estimate of drug-likeness (QED) is 0.885. The molecule has 2 rings (SSSR count). The molecule has 0 aliphatic carbocycles. The van der Waals surface area contributed by atoms with Gasteiger partial charge in [-0.1, -0.05) is 19.1 Å². The zero-order chi connectivity index (χ0) is 14.5. The summed E-state index contributed by atoms with van der Waals surface area (Å²) < 4.78 is 0. The monoisotopic (exact) mass is 275 g/mol. The second kappa shape index (κ2) is 6.86. The van der Waals surface area contributed by atoms with E-state index in [1.807, 2.05) is 12.1 Å². The van der Waals surface area contributed by atoms with Crippen molar-refractivity contribution in [3.8, 4) is 0 Å². The number of carbonyl (C=O) groups excluding carboxylic acids is 1. The van der Waals surface area contributed by atoms with E-state index in [1.165, 1.54) is 31.5 Å². The maximum Gasteiger partial charge on any atom is 0.240 e. The molecule has 110 valence electrons. The minimum Gasteiger partial charge on any atom is -0.325 e. The van der Waals surface area contributed by atoms with Gasteiger partial charge in [0.25, 0.3) is 0 Å². The predicted molar refractivity (Wildman–Crippen MR) is 82.4 cm³/mol. The van der Waals surface area contributed by atoms with Gasteiger partial charge in [0.2, 0.25) is 5.91 Å². The van der Waals surface area contributed by atoms with E-state index in [-0.39, 0.29) is 5.91 Å². The van der Waals surface area contributed by atoms with E-state index < -0.39 is 6.04 Å². The molecule has 0 bridgehead atoms. The molecule has 1 unspecified atom stereocenters. The third kappa shape index (κ3) is 4.32. The Labute approximate surface area is 121 Å². The van der Waals surface area contributed by atoms with Gasteiger partial charge in [-0.25, -0.2) is 0 Å². The van der Waals surface area contributed by atoms with Crippen molar-refractivity contribution in [3.05, 3.63) is 29.8 Å². The second-order valence-electron chi connectivity index (χ2n) is 5.96. The number of hydrogen-bond donors (Lipinski definition) is 2. The zero-order valence-electron chi connectivity index (χ0n) is 12.4. The van der Waals surface area contributed by atoms with Crippen molar-refractivity contribution in [2.45, 2.75) is 39.3 Å². The van der Waals surface area contributed by atoms with Gasteiger partial charge >= 0.3 is 0 Å². The van der Waals surface area contributed by atoms with Crippen LogP contribution >= 0.6 is 0 Å². The van der Waals surface area contributed by atoms with Crippen molar-refractivity contribution in [3.63, 3.8) is 0 Å². The first-order chi connectivity index (χ1) is 9.54. The fourth-order valence-corrected chi connectivity index (χ4v) is 2.64. The van der Waals surface area contributed by atoms with Crippen molar-refractivity contribution in [2.24, 2.45) is 11.7 Å². The summed E-state index contributed by atoms with van der Waals surface area (Å²) in [6.45, 7) is 7.36. The molecule has 1 aliphatic rings. The lowest BCUT2D eigenvalue weighted by Gasteiger charge is -2.30. The Morgan fingerprint density at radius 3 is 2.75 bits per heavy atom. The molecule has 1 heterocycles. The summed E-state index contributed by atoms with van der Waals surface area (Å²) in [5.74, 6) is 0.649. The number of carbonyl (C=O) groups is 1. The highest BCUT2D eigenvalue weighted by Crippen LogP contribution is 2.18. The number of nitrogens with zero attached hydrogens (tertiary/aromatic N) is 1. The average Bonchev–Trinajstić information content (AvgIpc) is 2.41. The Morgan fingerprint density at radius 2 is 2.15 bits per heavy atom. The summed E-state index contributed by atoms with van der Waals surface area (Å²) in [6.07, 6.45) is 2.64. The minimum absolute atomic E-state index is 0.150. The third-order valence-electron chi connectivity index (χ3n) is 3.78. The van der Waals surface area contributed by atoms with E-state index in [4.69, 9.17) is 5.73 Å². The third-order valence-corrected chi connectivity index (χ3v) is 3.78. The minimum atomic E-state index is -0.482. The van der Waals surface area contributed by atoms with Gasteiger partial charge in [0.05, 0.1) is 6.04 Å². The van der Waals surface area contributed by atoms with Crippen molar-refractivity contribution in [2.75, 3.05) is 18.4 Å². The molecule has 1 amide bonds. The van der Waals surface area contributed by atoms with Gasteiger partial charge in [0.15, 0.2) is 0 Å². The Bertz CT molecular complexity index is 442. The summed E-state index contributed by atoms with van der Waals surface area (Å²) in [5, 5.41) is 2.80. The Balaban J connectivity index is 1.89. The molecule has 3 N–H and O–H groups in total. The number of anilines is 1. The molecule has 1 aromatic rings. The van der Waals surface area contributed by atoms with E-state index in [0.717, 1.165) is 18.2 Å². The lowest BCUT2D eigenvalue weighted by Crippen LogP contribution is -2.33. The first-order valence-electron chi connectivity index (χ1n) is 7.42. The summed E-state index contributed by atoms with van der Waals surface area (Å²) in [5.41, 5.74) is 7.63. The molecule has 2 atom stereocenters. The van der Waals surface area contributed by atoms with Crippen LogP contribution in [0.2, 0.25) is 0 Å². The number of hydrogen-bond acceptors (Lipinski definition) is 3. The van der Waals surface area contributed by atoms with Crippen LogP contribution in [0.4, 0.5) is 5.69 Å². The van der Waals surface area contributed by atoms with Crippen molar-refractivity contribution >= 4 is 11.6 Å². The normalized spacial score (nSPS) is 21.4. The predicted octanol–water partition coefficient (Wildman–Crippen LogP) is 2.20. The SMILES string of the molecule is CC1CCCN(Cc2ccc(NC(=O)[C@@H](C)N)cc2)C1. The first kappa shape index (κ1) is 15.0. The van der Waals surface area contributed by atoms with Crippen LogP contribution in [0.25, 0.3) is 0 Å². The molecule has 4 heteroatoms. The largest absolute Gasteiger partial charge is 0.325 e. The Hall–Kier alpha value is -1.39. The van der Waals surface area contributed by atoms with Gasteiger partial charge in [0, 0.05) is 18.8 Å². The highest BCUT2D eigenvalue weighted by atomic mass is 16.2. The van der Waals surface area contributed by atoms with E-state index >= 15 is 0 Å². The van der Waals surface area contributed by atoms with Gasteiger partial charge < -0.3 is 11.1 Å². The molecule has 0 aromatic heterocycles. The van der Waals surface area contributed by atoms with E-state index in [9.17, 15) is 4.79 Å². The van der Waals surface area contributed by atoms with Gasteiger partial charge in [-0.3, -0.25) is 9.69 Å². The second-order valence-corrected chi connectivity index (χ2v) is 5.96. The lowest BCUT2D eigenvalue weighted by atomic mass is 10.00. The van der Waals surface area contributed by atoms with Gasteiger partial charge in [-0.2, -0.15) is 0 Å². The molecule has 0 radical (unpaired) electrons. The molecule has 1 aromatic carbocycles. The van der Waals surface area contributed by atoms with Gasteiger partial charge in [0.1, 0.15) is 0 Å². The van der Waals surface area contributed by atoms with Crippen LogP contribution in [0.5, 0.6) is 0 Å². The summed E-state index contributed by atoms with van der Waals surface area (Å²) in [6, 6.07) is 7.57. The number of benzene rings is 1. The van der Waals surface area contributed by atoms with Gasteiger partial charge in [-0.05, 0) is 49.9 Å². The van der Waals surface area contributed by atoms with Crippen LogP contribution in [0.15, 0.2) is 24.3 Å². The Kier molecular flexibility index (Phi) is 5.15. The number of nitrogens with two attached hydrogens (primary N) is 1. The highest BCUT2D eigenvalue weighted by Gasteiger charge is 2.16. The zero-order valence-corrected chi connectivity index (χ0v) is 12.4. The van der Waals surface area contributed by atoms with Crippen LogP contribution in [0.3, 0.4) is 0 Å². The van der Waals surface area contributed by atoms with E-state index in [1.54, 1.807) is 6.92 Å². The molecule has 1 fully saturated rings. The van der Waals surface area contributed by atoms with Crippen molar-refractivity contribution in [1.82, 2.24) is 4.90 Å². The number of piperidine rings is 1. The number of nitrogens with one attached hydrogen (secondary N) is 1. The number of amides is 1. The summed E-state index contributed by atoms with van der Waals surface area (Å²) >= 11 is 0. The van der Waals surface area contributed by atoms with E-state index in [2.05, 4.69) is 29.3 Å².